The van der Waals surface area contributed by atoms with E-state index >= 15 is 0 Å². The van der Waals surface area contributed by atoms with Crippen LogP contribution in [0, 0.1) is 5.82 Å². The Morgan fingerprint density at radius 2 is 1.66 bits per heavy atom. The van der Waals surface area contributed by atoms with E-state index in [1.54, 1.807) is 42.4 Å². The molecule has 1 heterocycles. The quantitative estimate of drug-likeness (QED) is 0.399. The molecule has 0 bridgehead atoms. The molecule has 4 aromatic rings. The van der Waals surface area contributed by atoms with Gasteiger partial charge in [-0.15, -0.1) is 0 Å². The number of halogens is 1. The lowest BCUT2D eigenvalue weighted by atomic mass is 10.1. The fourth-order valence-corrected chi connectivity index (χ4v) is 3.41. The SMILES string of the molecule is CN(Cc1cnn(Cc2ccccc2)c1)C(=O)c1ccccc1OCc1ccc(F)cc1. The number of benzene rings is 3. The molecule has 0 saturated heterocycles. The zero-order valence-electron chi connectivity index (χ0n) is 17.8. The Hall–Kier alpha value is -3.93. The molecule has 3 aromatic carbocycles. The Kier molecular flexibility index (Phi) is 6.60. The molecule has 162 valence electrons. The molecule has 4 rings (SSSR count). The van der Waals surface area contributed by atoms with Gasteiger partial charge in [0.15, 0.2) is 0 Å². The third kappa shape index (κ3) is 5.40. The lowest BCUT2D eigenvalue weighted by Crippen LogP contribution is -2.26. The highest BCUT2D eigenvalue weighted by Crippen LogP contribution is 2.22. The van der Waals surface area contributed by atoms with E-state index < -0.39 is 0 Å². The summed E-state index contributed by atoms with van der Waals surface area (Å²) in [5.41, 5.74) is 3.42. The maximum absolute atomic E-state index is 13.1. The van der Waals surface area contributed by atoms with Crippen molar-refractivity contribution in [2.24, 2.45) is 0 Å². The van der Waals surface area contributed by atoms with Crippen LogP contribution < -0.4 is 4.74 Å². The van der Waals surface area contributed by atoms with Gasteiger partial charge in [-0.05, 0) is 35.4 Å². The third-order valence-corrected chi connectivity index (χ3v) is 5.07. The maximum atomic E-state index is 13.1. The van der Waals surface area contributed by atoms with Crippen molar-refractivity contribution in [2.75, 3.05) is 7.05 Å². The van der Waals surface area contributed by atoms with Crippen LogP contribution in [0.3, 0.4) is 0 Å². The molecule has 1 amide bonds. The molecule has 0 atom stereocenters. The Labute approximate surface area is 186 Å². The van der Waals surface area contributed by atoms with Crippen molar-refractivity contribution in [1.29, 1.82) is 0 Å². The van der Waals surface area contributed by atoms with E-state index in [0.29, 0.717) is 24.4 Å². The van der Waals surface area contributed by atoms with Crippen LogP contribution in [0.4, 0.5) is 4.39 Å². The van der Waals surface area contributed by atoms with Crippen LogP contribution in [0.5, 0.6) is 5.75 Å². The zero-order chi connectivity index (χ0) is 22.3. The summed E-state index contributed by atoms with van der Waals surface area (Å²) >= 11 is 0. The van der Waals surface area contributed by atoms with E-state index in [9.17, 15) is 9.18 Å². The summed E-state index contributed by atoms with van der Waals surface area (Å²) in [6.45, 7) is 1.36. The lowest BCUT2D eigenvalue weighted by Gasteiger charge is -2.18. The van der Waals surface area contributed by atoms with Crippen LogP contribution in [0.1, 0.15) is 27.0 Å². The second-order valence-corrected chi connectivity index (χ2v) is 7.60. The van der Waals surface area contributed by atoms with Crippen molar-refractivity contribution in [3.05, 3.63) is 119 Å². The van der Waals surface area contributed by atoms with E-state index in [-0.39, 0.29) is 18.3 Å². The minimum absolute atomic E-state index is 0.143. The molecule has 32 heavy (non-hydrogen) atoms. The number of hydrogen-bond acceptors (Lipinski definition) is 3. The summed E-state index contributed by atoms with van der Waals surface area (Å²) in [6, 6.07) is 23.4. The zero-order valence-corrected chi connectivity index (χ0v) is 17.8. The first-order chi connectivity index (χ1) is 15.6. The molecule has 6 heteroatoms. The van der Waals surface area contributed by atoms with Gasteiger partial charge in [0.05, 0.1) is 18.3 Å². The minimum atomic E-state index is -0.293. The summed E-state index contributed by atoms with van der Waals surface area (Å²) < 4.78 is 20.8. The topological polar surface area (TPSA) is 47.4 Å². The smallest absolute Gasteiger partial charge is 0.257 e. The van der Waals surface area contributed by atoms with Crippen molar-refractivity contribution in [3.63, 3.8) is 0 Å². The number of amides is 1. The molecule has 1 aromatic heterocycles. The van der Waals surface area contributed by atoms with Gasteiger partial charge in [0, 0.05) is 25.4 Å². The van der Waals surface area contributed by atoms with Crippen molar-refractivity contribution < 1.29 is 13.9 Å². The average Bonchev–Trinajstić information content (AvgIpc) is 3.25. The number of carbonyl (C=O) groups is 1. The average molecular weight is 429 g/mol. The molecule has 0 unspecified atom stereocenters. The summed E-state index contributed by atoms with van der Waals surface area (Å²) in [6.07, 6.45) is 3.73. The van der Waals surface area contributed by atoms with Crippen molar-refractivity contribution in [1.82, 2.24) is 14.7 Å². The number of rotatable bonds is 8. The molecule has 0 spiro atoms. The monoisotopic (exact) mass is 429 g/mol. The van der Waals surface area contributed by atoms with E-state index in [2.05, 4.69) is 17.2 Å². The number of carbonyl (C=O) groups excluding carboxylic acids is 1. The molecule has 0 aliphatic carbocycles. The fraction of sp³-hybridized carbons (Fsp3) is 0.154. The van der Waals surface area contributed by atoms with Crippen molar-refractivity contribution in [3.8, 4) is 5.75 Å². The highest BCUT2D eigenvalue weighted by molar-refractivity contribution is 5.96. The molecule has 0 N–H and O–H groups in total. The summed E-state index contributed by atoms with van der Waals surface area (Å²) in [7, 11) is 1.76. The van der Waals surface area contributed by atoms with Gasteiger partial charge >= 0.3 is 0 Å². The molecule has 0 saturated carbocycles. The second-order valence-electron chi connectivity index (χ2n) is 7.60. The van der Waals surface area contributed by atoms with Gasteiger partial charge in [-0.3, -0.25) is 9.48 Å². The number of nitrogens with zero attached hydrogens (tertiary/aromatic N) is 3. The minimum Gasteiger partial charge on any atom is -0.488 e. The van der Waals surface area contributed by atoms with Crippen LogP contribution in [0.2, 0.25) is 0 Å². The predicted octanol–water partition coefficient (Wildman–Crippen LogP) is 4.92. The first-order valence-corrected chi connectivity index (χ1v) is 10.4. The Bertz CT molecular complexity index is 1170. The van der Waals surface area contributed by atoms with Gasteiger partial charge in [-0.1, -0.05) is 54.6 Å². The standard InChI is InChI=1S/C26H24FN3O2/c1-29(16-22-15-28-30(18-22)17-20-7-3-2-4-8-20)26(31)24-9-5-6-10-25(24)32-19-21-11-13-23(27)14-12-21/h2-15,18H,16-17,19H2,1H3. The van der Waals surface area contributed by atoms with Crippen LogP contribution in [-0.2, 0) is 19.7 Å². The van der Waals surface area contributed by atoms with E-state index in [1.807, 2.05) is 41.2 Å². The maximum Gasteiger partial charge on any atom is 0.257 e. The number of hydrogen-bond donors (Lipinski definition) is 0. The third-order valence-electron chi connectivity index (χ3n) is 5.07. The van der Waals surface area contributed by atoms with Crippen LogP contribution in [-0.4, -0.2) is 27.6 Å². The highest BCUT2D eigenvalue weighted by Gasteiger charge is 2.17. The molecule has 0 fully saturated rings. The molecular weight excluding hydrogens is 405 g/mol. The summed E-state index contributed by atoms with van der Waals surface area (Å²) in [4.78, 5) is 14.7. The van der Waals surface area contributed by atoms with Gasteiger partial charge < -0.3 is 9.64 Å². The molecule has 0 aliphatic heterocycles. The largest absolute Gasteiger partial charge is 0.488 e. The van der Waals surface area contributed by atoms with Gasteiger partial charge in [-0.25, -0.2) is 4.39 Å². The lowest BCUT2D eigenvalue weighted by molar-refractivity contribution is 0.0780. The number of aromatic nitrogens is 2. The van der Waals surface area contributed by atoms with Gasteiger partial charge in [0.25, 0.3) is 5.91 Å². The summed E-state index contributed by atoms with van der Waals surface area (Å²) in [5, 5.41) is 4.41. The number of para-hydroxylation sites is 1. The highest BCUT2D eigenvalue weighted by atomic mass is 19.1. The Balaban J connectivity index is 1.40. The molecule has 5 nitrogen and oxygen atoms in total. The van der Waals surface area contributed by atoms with Gasteiger partial charge in [-0.2, -0.15) is 5.10 Å². The van der Waals surface area contributed by atoms with Crippen LogP contribution in [0.15, 0.2) is 91.3 Å². The first kappa shape index (κ1) is 21.3. The van der Waals surface area contributed by atoms with Crippen molar-refractivity contribution in [2.45, 2.75) is 19.7 Å². The normalized spacial score (nSPS) is 10.7. The molecular formula is C26H24FN3O2. The van der Waals surface area contributed by atoms with Gasteiger partial charge in [0.1, 0.15) is 18.2 Å². The fourth-order valence-electron chi connectivity index (χ4n) is 3.41. The Morgan fingerprint density at radius 3 is 2.44 bits per heavy atom. The van der Waals surface area contributed by atoms with Crippen LogP contribution in [0.25, 0.3) is 0 Å². The van der Waals surface area contributed by atoms with E-state index in [4.69, 9.17) is 4.74 Å². The first-order valence-electron chi connectivity index (χ1n) is 10.4. The van der Waals surface area contributed by atoms with Crippen LogP contribution >= 0.6 is 0 Å². The van der Waals surface area contributed by atoms with Gasteiger partial charge in [0.2, 0.25) is 0 Å². The molecule has 0 radical (unpaired) electrons. The van der Waals surface area contributed by atoms with E-state index in [0.717, 1.165) is 11.1 Å². The number of ether oxygens (including phenoxy) is 1. The van der Waals surface area contributed by atoms with E-state index in [1.165, 1.54) is 17.7 Å². The second kappa shape index (κ2) is 9.92. The predicted molar refractivity (Wildman–Crippen MR) is 121 cm³/mol. The molecule has 0 aliphatic rings. The van der Waals surface area contributed by atoms with Crippen molar-refractivity contribution >= 4 is 5.91 Å². The Morgan fingerprint density at radius 1 is 0.938 bits per heavy atom. The summed E-state index contributed by atoms with van der Waals surface area (Å²) in [5.74, 6) is 0.0574.